The predicted octanol–water partition coefficient (Wildman–Crippen LogP) is 1.58. The molecule has 1 aliphatic carbocycles. The summed E-state index contributed by atoms with van der Waals surface area (Å²) in [6.45, 7) is 4.07. The molecule has 1 N–H and O–H groups in total. The standard InChI is InChI=1S/C13H18N4O/c1-8(2)10-6-12(17(3)16-10)13(18)15-11(7-14)9-4-5-9/h6,8-9,11H,4-5H2,1-3H3,(H,15,18)/t11-/m1/s1. The summed E-state index contributed by atoms with van der Waals surface area (Å²) in [6, 6.07) is 3.58. The minimum atomic E-state index is -0.366. The molecule has 0 aromatic carbocycles. The Morgan fingerprint density at radius 1 is 1.61 bits per heavy atom. The SMILES string of the molecule is CC(C)c1cc(C(=O)N[C@H](C#N)C2CC2)n(C)n1. The maximum Gasteiger partial charge on any atom is 0.270 e. The number of nitrogens with zero attached hydrogens (tertiary/aromatic N) is 3. The fourth-order valence-corrected chi connectivity index (χ4v) is 1.88. The van der Waals surface area contributed by atoms with Crippen molar-refractivity contribution < 1.29 is 4.79 Å². The van der Waals surface area contributed by atoms with Gasteiger partial charge in [-0.15, -0.1) is 0 Å². The number of hydrogen-bond acceptors (Lipinski definition) is 3. The molecule has 5 nitrogen and oxygen atoms in total. The number of rotatable bonds is 4. The lowest BCUT2D eigenvalue weighted by Crippen LogP contribution is -2.36. The van der Waals surface area contributed by atoms with Crippen molar-refractivity contribution in [2.45, 2.75) is 38.6 Å². The Morgan fingerprint density at radius 2 is 2.28 bits per heavy atom. The predicted molar refractivity (Wildman–Crippen MR) is 66.9 cm³/mol. The number of amides is 1. The van der Waals surface area contributed by atoms with Gasteiger partial charge in [0.2, 0.25) is 0 Å². The smallest absolute Gasteiger partial charge is 0.270 e. The zero-order chi connectivity index (χ0) is 13.3. The first-order valence-electron chi connectivity index (χ1n) is 6.27. The normalized spacial score (nSPS) is 16.4. The van der Waals surface area contributed by atoms with E-state index in [-0.39, 0.29) is 17.9 Å². The Balaban J connectivity index is 2.11. The first kappa shape index (κ1) is 12.6. The highest BCUT2D eigenvalue weighted by Gasteiger charge is 2.33. The van der Waals surface area contributed by atoms with Crippen LogP contribution in [0.15, 0.2) is 6.07 Å². The molecule has 1 aliphatic rings. The van der Waals surface area contributed by atoms with Crippen LogP contribution in [0, 0.1) is 17.2 Å². The molecular formula is C13H18N4O. The van der Waals surface area contributed by atoms with E-state index in [0.717, 1.165) is 18.5 Å². The van der Waals surface area contributed by atoms with Crippen LogP contribution in [-0.4, -0.2) is 21.7 Å². The Bertz CT molecular complexity index is 494. The molecule has 0 saturated heterocycles. The molecule has 1 aromatic heterocycles. The van der Waals surface area contributed by atoms with Gasteiger partial charge < -0.3 is 5.32 Å². The fourth-order valence-electron chi connectivity index (χ4n) is 1.88. The van der Waals surface area contributed by atoms with Crippen molar-refractivity contribution in [2.24, 2.45) is 13.0 Å². The number of nitriles is 1. The summed E-state index contributed by atoms with van der Waals surface area (Å²) < 4.78 is 1.58. The van der Waals surface area contributed by atoms with Crippen molar-refractivity contribution in [1.82, 2.24) is 15.1 Å². The Kier molecular flexibility index (Phi) is 3.37. The van der Waals surface area contributed by atoms with Crippen LogP contribution in [0.5, 0.6) is 0 Å². The molecule has 0 bridgehead atoms. The second kappa shape index (κ2) is 4.81. The molecule has 2 rings (SSSR count). The first-order valence-corrected chi connectivity index (χ1v) is 6.27. The van der Waals surface area contributed by atoms with Crippen molar-refractivity contribution in [3.05, 3.63) is 17.5 Å². The molecule has 1 heterocycles. The second-order valence-corrected chi connectivity index (χ2v) is 5.15. The minimum Gasteiger partial charge on any atom is -0.335 e. The Morgan fingerprint density at radius 3 is 2.72 bits per heavy atom. The summed E-state index contributed by atoms with van der Waals surface area (Å²) in [6.07, 6.45) is 2.06. The highest BCUT2D eigenvalue weighted by Crippen LogP contribution is 2.32. The van der Waals surface area contributed by atoms with Gasteiger partial charge in [-0.05, 0) is 30.7 Å². The van der Waals surface area contributed by atoms with Gasteiger partial charge in [-0.1, -0.05) is 13.8 Å². The van der Waals surface area contributed by atoms with Gasteiger partial charge in [0.05, 0.1) is 11.8 Å². The van der Waals surface area contributed by atoms with Crippen LogP contribution >= 0.6 is 0 Å². The van der Waals surface area contributed by atoms with Gasteiger partial charge in [-0.2, -0.15) is 10.4 Å². The van der Waals surface area contributed by atoms with E-state index in [0.29, 0.717) is 11.6 Å². The maximum atomic E-state index is 12.1. The topological polar surface area (TPSA) is 70.7 Å². The molecule has 18 heavy (non-hydrogen) atoms. The molecule has 1 saturated carbocycles. The van der Waals surface area contributed by atoms with Gasteiger partial charge in [-0.3, -0.25) is 9.48 Å². The molecule has 1 atom stereocenters. The average molecular weight is 246 g/mol. The van der Waals surface area contributed by atoms with Gasteiger partial charge >= 0.3 is 0 Å². The van der Waals surface area contributed by atoms with E-state index in [1.807, 2.05) is 13.8 Å². The lowest BCUT2D eigenvalue weighted by Gasteiger charge is -2.09. The van der Waals surface area contributed by atoms with E-state index in [1.54, 1.807) is 17.8 Å². The molecule has 96 valence electrons. The van der Waals surface area contributed by atoms with E-state index in [9.17, 15) is 4.79 Å². The Labute approximate surface area is 107 Å². The van der Waals surface area contributed by atoms with Crippen LogP contribution < -0.4 is 5.32 Å². The van der Waals surface area contributed by atoms with Gasteiger partial charge in [0, 0.05) is 7.05 Å². The van der Waals surface area contributed by atoms with E-state index in [2.05, 4.69) is 16.5 Å². The zero-order valence-electron chi connectivity index (χ0n) is 11.0. The fraction of sp³-hybridized carbons (Fsp3) is 0.615. The highest BCUT2D eigenvalue weighted by atomic mass is 16.2. The van der Waals surface area contributed by atoms with Crippen LogP contribution in [0.2, 0.25) is 0 Å². The summed E-state index contributed by atoms with van der Waals surface area (Å²) in [5.74, 6) is 0.403. The molecule has 0 aliphatic heterocycles. The van der Waals surface area contributed by atoms with E-state index < -0.39 is 0 Å². The van der Waals surface area contributed by atoms with Crippen molar-refractivity contribution in [1.29, 1.82) is 5.26 Å². The summed E-state index contributed by atoms with van der Waals surface area (Å²) in [5, 5.41) is 16.1. The van der Waals surface area contributed by atoms with Crippen LogP contribution in [-0.2, 0) is 7.05 Å². The Hall–Kier alpha value is -1.83. The van der Waals surface area contributed by atoms with Crippen molar-refractivity contribution in [3.63, 3.8) is 0 Å². The number of carbonyl (C=O) groups is 1. The molecule has 1 amide bonds. The van der Waals surface area contributed by atoms with Crippen LogP contribution in [0.1, 0.15) is 48.8 Å². The molecular weight excluding hydrogens is 228 g/mol. The molecule has 0 unspecified atom stereocenters. The quantitative estimate of drug-likeness (QED) is 0.876. The number of aryl methyl sites for hydroxylation is 1. The minimum absolute atomic E-state index is 0.213. The van der Waals surface area contributed by atoms with E-state index >= 15 is 0 Å². The molecule has 1 aromatic rings. The lowest BCUT2D eigenvalue weighted by molar-refractivity contribution is 0.0932. The summed E-state index contributed by atoms with van der Waals surface area (Å²) >= 11 is 0. The maximum absolute atomic E-state index is 12.1. The van der Waals surface area contributed by atoms with Crippen molar-refractivity contribution >= 4 is 5.91 Å². The van der Waals surface area contributed by atoms with Crippen LogP contribution in [0.4, 0.5) is 0 Å². The number of hydrogen-bond donors (Lipinski definition) is 1. The third-order valence-electron chi connectivity index (χ3n) is 3.24. The number of nitrogens with one attached hydrogen (secondary N) is 1. The summed E-state index contributed by atoms with van der Waals surface area (Å²) in [7, 11) is 1.75. The monoisotopic (exact) mass is 246 g/mol. The van der Waals surface area contributed by atoms with Gasteiger partial charge in [0.25, 0.3) is 5.91 Å². The molecule has 0 spiro atoms. The summed E-state index contributed by atoms with van der Waals surface area (Å²) in [5.41, 5.74) is 1.40. The number of carbonyl (C=O) groups excluding carboxylic acids is 1. The van der Waals surface area contributed by atoms with Gasteiger partial charge in [0.1, 0.15) is 11.7 Å². The van der Waals surface area contributed by atoms with Gasteiger partial charge in [-0.25, -0.2) is 0 Å². The second-order valence-electron chi connectivity index (χ2n) is 5.15. The first-order chi connectivity index (χ1) is 8.52. The van der Waals surface area contributed by atoms with Crippen LogP contribution in [0.3, 0.4) is 0 Å². The average Bonchev–Trinajstić information content (AvgIpc) is 3.08. The van der Waals surface area contributed by atoms with E-state index in [4.69, 9.17) is 5.26 Å². The largest absolute Gasteiger partial charge is 0.335 e. The highest BCUT2D eigenvalue weighted by molar-refractivity contribution is 5.93. The van der Waals surface area contributed by atoms with Crippen molar-refractivity contribution in [3.8, 4) is 6.07 Å². The lowest BCUT2D eigenvalue weighted by atomic mass is 10.1. The number of aromatic nitrogens is 2. The third kappa shape index (κ3) is 2.53. The van der Waals surface area contributed by atoms with Gasteiger partial charge in [0.15, 0.2) is 0 Å². The third-order valence-corrected chi connectivity index (χ3v) is 3.24. The van der Waals surface area contributed by atoms with Crippen LogP contribution in [0.25, 0.3) is 0 Å². The van der Waals surface area contributed by atoms with E-state index in [1.165, 1.54) is 0 Å². The molecule has 5 heteroatoms. The molecule has 1 fully saturated rings. The zero-order valence-corrected chi connectivity index (χ0v) is 11.0. The van der Waals surface area contributed by atoms with Crippen molar-refractivity contribution in [2.75, 3.05) is 0 Å². The summed E-state index contributed by atoms with van der Waals surface area (Å²) in [4.78, 5) is 12.1. The molecule has 0 radical (unpaired) electrons.